The third-order valence-electron chi connectivity index (χ3n) is 5.73. The lowest BCUT2D eigenvalue weighted by Gasteiger charge is -2.29. The van der Waals surface area contributed by atoms with Gasteiger partial charge in [-0.2, -0.15) is 0 Å². The lowest BCUT2D eigenvalue weighted by atomic mass is 10.0. The number of aryl methyl sites for hydroxylation is 2. The number of aromatic amines is 2. The molecular weight excluding hydrogens is 409 g/mol. The number of halogens is 1. The first-order chi connectivity index (χ1) is 15.6. The molecule has 2 N–H and O–H groups in total. The molecule has 8 heteroatoms. The smallest absolute Gasteiger partial charge is 0.260 e. The molecule has 7 nitrogen and oxygen atoms in total. The van der Waals surface area contributed by atoms with Crippen molar-refractivity contribution in [2.24, 2.45) is 0 Å². The summed E-state index contributed by atoms with van der Waals surface area (Å²) in [6.45, 7) is 2.22. The summed E-state index contributed by atoms with van der Waals surface area (Å²) in [4.78, 5) is 28.5. The zero-order valence-corrected chi connectivity index (χ0v) is 17.6. The Labute approximate surface area is 184 Å². The minimum atomic E-state index is -1.20. The number of H-pyrrole nitrogens is 2. The number of aromatic nitrogens is 4. The van der Waals surface area contributed by atoms with E-state index in [1.54, 1.807) is 6.20 Å². The van der Waals surface area contributed by atoms with Crippen molar-refractivity contribution in [3.05, 3.63) is 82.2 Å². The molecule has 1 aliphatic heterocycles. The highest BCUT2D eigenvalue weighted by Crippen LogP contribution is 2.22. The van der Waals surface area contributed by atoms with Crippen LogP contribution < -0.4 is 5.56 Å². The molecule has 5 rings (SSSR count). The number of hydrogen-bond donors (Lipinski definition) is 2. The number of morpholine rings is 1. The van der Waals surface area contributed by atoms with Gasteiger partial charge in [-0.25, -0.2) is 9.37 Å². The van der Waals surface area contributed by atoms with Gasteiger partial charge >= 0.3 is 0 Å². The van der Waals surface area contributed by atoms with Gasteiger partial charge in [0.15, 0.2) is 0 Å². The van der Waals surface area contributed by atoms with E-state index in [0.29, 0.717) is 24.2 Å². The van der Waals surface area contributed by atoms with Gasteiger partial charge in [0, 0.05) is 36.2 Å². The van der Waals surface area contributed by atoms with Gasteiger partial charge in [0.1, 0.15) is 5.65 Å². The molecule has 0 spiro atoms. The second-order valence-corrected chi connectivity index (χ2v) is 8.05. The number of nitrogens with one attached hydrogen (secondary N) is 2. The fraction of sp³-hybridized carbons (Fsp3) is 0.292. The minimum Gasteiger partial charge on any atom is -0.346 e. The fourth-order valence-electron chi connectivity index (χ4n) is 4.10. The second kappa shape index (κ2) is 9.02. The molecule has 164 valence electrons. The monoisotopic (exact) mass is 433 g/mol. The number of nitrogens with zero attached hydrogens (tertiary/aromatic N) is 3. The standard InChI is InChI=1S/C24H24FN5O2/c25-22-14-30(8-9-32-22)13-17-3-1-2-16(10-17)4-5-19-11-18(6-7-26-19)21-12-20-23(29-21)27-15-28-24(20)31/h1-3,6-7,10-12,15,22H,4-5,8-9,13-14H2,(H2,27,28,29,31). The Hall–Kier alpha value is -3.36. The van der Waals surface area contributed by atoms with E-state index in [0.717, 1.165) is 42.9 Å². The van der Waals surface area contributed by atoms with Gasteiger partial charge in [-0.05, 0) is 42.2 Å². The van der Waals surface area contributed by atoms with E-state index in [9.17, 15) is 9.18 Å². The summed E-state index contributed by atoms with van der Waals surface area (Å²) in [5.74, 6) is 0. The van der Waals surface area contributed by atoms with Crippen LogP contribution >= 0.6 is 0 Å². The number of benzene rings is 1. The summed E-state index contributed by atoms with van der Waals surface area (Å²) in [6.07, 6.45) is 3.63. The molecule has 0 saturated carbocycles. The van der Waals surface area contributed by atoms with Crippen LogP contribution in [0.5, 0.6) is 0 Å². The molecule has 0 aliphatic carbocycles. The van der Waals surface area contributed by atoms with Crippen LogP contribution in [0.4, 0.5) is 4.39 Å². The third kappa shape index (κ3) is 4.61. The van der Waals surface area contributed by atoms with Crippen molar-refractivity contribution in [3.63, 3.8) is 0 Å². The molecule has 1 aromatic carbocycles. The molecule has 0 radical (unpaired) electrons. The number of ether oxygens (including phenoxy) is 1. The van der Waals surface area contributed by atoms with Gasteiger partial charge < -0.3 is 14.7 Å². The first-order valence-corrected chi connectivity index (χ1v) is 10.7. The summed E-state index contributed by atoms with van der Waals surface area (Å²) < 4.78 is 18.4. The molecule has 32 heavy (non-hydrogen) atoms. The molecule has 1 saturated heterocycles. The average molecular weight is 433 g/mol. The Balaban J connectivity index is 1.27. The lowest BCUT2D eigenvalue weighted by molar-refractivity contribution is -0.100. The number of rotatable bonds is 6. The van der Waals surface area contributed by atoms with Crippen molar-refractivity contribution in [2.75, 3.05) is 19.7 Å². The molecule has 1 unspecified atom stereocenters. The summed E-state index contributed by atoms with van der Waals surface area (Å²) in [5.41, 5.74) is 5.59. The summed E-state index contributed by atoms with van der Waals surface area (Å²) in [7, 11) is 0. The SMILES string of the molecule is O=c1[nH]cnc2[nH]c(-c3ccnc(CCc4cccc(CN5CCOC(F)C5)c4)c3)cc12. The molecule has 4 heterocycles. The van der Waals surface area contributed by atoms with Crippen molar-refractivity contribution in [1.82, 2.24) is 24.8 Å². The quantitative estimate of drug-likeness (QED) is 0.488. The molecule has 0 amide bonds. The minimum absolute atomic E-state index is 0.161. The average Bonchev–Trinajstić information content (AvgIpc) is 3.24. The van der Waals surface area contributed by atoms with Crippen LogP contribution in [-0.4, -0.2) is 50.9 Å². The van der Waals surface area contributed by atoms with E-state index in [4.69, 9.17) is 4.74 Å². The Morgan fingerprint density at radius 1 is 1.12 bits per heavy atom. The molecule has 3 aromatic heterocycles. The van der Waals surface area contributed by atoms with E-state index in [2.05, 4.69) is 49.1 Å². The fourth-order valence-corrected chi connectivity index (χ4v) is 4.10. The van der Waals surface area contributed by atoms with E-state index in [1.165, 1.54) is 17.5 Å². The number of pyridine rings is 1. The van der Waals surface area contributed by atoms with Gasteiger partial charge in [-0.15, -0.1) is 0 Å². The largest absolute Gasteiger partial charge is 0.346 e. The highest BCUT2D eigenvalue weighted by molar-refractivity contribution is 5.82. The van der Waals surface area contributed by atoms with Crippen molar-refractivity contribution in [1.29, 1.82) is 0 Å². The van der Waals surface area contributed by atoms with Crippen molar-refractivity contribution < 1.29 is 9.13 Å². The predicted octanol–water partition coefficient (Wildman–Crippen LogP) is 3.23. The Morgan fingerprint density at radius 3 is 2.91 bits per heavy atom. The predicted molar refractivity (Wildman–Crippen MR) is 120 cm³/mol. The van der Waals surface area contributed by atoms with E-state index in [1.807, 2.05) is 18.2 Å². The van der Waals surface area contributed by atoms with Crippen LogP contribution in [-0.2, 0) is 24.1 Å². The highest BCUT2D eigenvalue weighted by Gasteiger charge is 2.19. The van der Waals surface area contributed by atoms with E-state index >= 15 is 0 Å². The molecule has 0 bridgehead atoms. The number of alkyl halides is 1. The van der Waals surface area contributed by atoms with Crippen LogP contribution in [0.3, 0.4) is 0 Å². The van der Waals surface area contributed by atoms with Crippen LogP contribution in [0, 0.1) is 0 Å². The van der Waals surface area contributed by atoms with Gasteiger partial charge in [-0.3, -0.25) is 14.7 Å². The number of hydrogen-bond acceptors (Lipinski definition) is 5. The maximum atomic E-state index is 13.5. The summed E-state index contributed by atoms with van der Waals surface area (Å²) in [6, 6.07) is 14.2. The van der Waals surface area contributed by atoms with E-state index < -0.39 is 6.36 Å². The van der Waals surface area contributed by atoms with Crippen molar-refractivity contribution in [2.45, 2.75) is 25.7 Å². The van der Waals surface area contributed by atoms with Gasteiger partial charge in [-0.1, -0.05) is 24.3 Å². The molecule has 1 fully saturated rings. The molecule has 1 aliphatic rings. The normalized spacial score (nSPS) is 17.1. The Morgan fingerprint density at radius 2 is 2.03 bits per heavy atom. The molecular formula is C24H24FN5O2. The first kappa shape index (κ1) is 20.5. The van der Waals surface area contributed by atoms with Gasteiger partial charge in [0.05, 0.1) is 24.9 Å². The molecule has 4 aromatic rings. The van der Waals surface area contributed by atoms with Crippen molar-refractivity contribution in [3.8, 4) is 11.3 Å². The summed E-state index contributed by atoms with van der Waals surface area (Å²) in [5, 5.41) is 0.539. The van der Waals surface area contributed by atoms with Crippen LogP contribution in [0.2, 0.25) is 0 Å². The van der Waals surface area contributed by atoms with Crippen LogP contribution in [0.25, 0.3) is 22.3 Å². The third-order valence-corrected chi connectivity index (χ3v) is 5.73. The maximum Gasteiger partial charge on any atom is 0.260 e. The van der Waals surface area contributed by atoms with E-state index in [-0.39, 0.29) is 5.56 Å². The summed E-state index contributed by atoms with van der Waals surface area (Å²) >= 11 is 0. The highest BCUT2D eigenvalue weighted by atomic mass is 19.1. The van der Waals surface area contributed by atoms with Crippen LogP contribution in [0.15, 0.2) is 59.8 Å². The Bertz CT molecular complexity index is 1280. The first-order valence-electron chi connectivity index (χ1n) is 10.7. The zero-order chi connectivity index (χ0) is 21.9. The maximum absolute atomic E-state index is 13.5. The zero-order valence-electron chi connectivity index (χ0n) is 17.6. The lowest BCUT2D eigenvalue weighted by Crippen LogP contribution is -2.39. The van der Waals surface area contributed by atoms with Gasteiger partial charge in [0.2, 0.25) is 6.36 Å². The van der Waals surface area contributed by atoms with Gasteiger partial charge in [0.25, 0.3) is 5.56 Å². The Kier molecular flexibility index (Phi) is 5.79. The number of fused-ring (bicyclic) bond motifs is 1. The second-order valence-electron chi connectivity index (χ2n) is 8.05. The van der Waals surface area contributed by atoms with Crippen molar-refractivity contribution >= 4 is 11.0 Å². The topological polar surface area (TPSA) is 86.9 Å². The molecule has 1 atom stereocenters. The van der Waals surface area contributed by atoms with Crippen LogP contribution in [0.1, 0.15) is 16.8 Å².